The largest absolute Gasteiger partial charge is 0.468 e. The summed E-state index contributed by atoms with van der Waals surface area (Å²) in [6.45, 7) is -1.45. The molecule has 0 saturated carbocycles. The van der Waals surface area contributed by atoms with Gasteiger partial charge in [-0.05, 0) is 24.3 Å². The van der Waals surface area contributed by atoms with E-state index in [9.17, 15) is 22.4 Å². The van der Waals surface area contributed by atoms with Crippen LogP contribution < -0.4 is 10.1 Å². The first-order valence-electron chi connectivity index (χ1n) is 6.06. The van der Waals surface area contributed by atoms with Crippen LogP contribution in [0.5, 0.6) is 5.88 Å². The molecule has 0 atom stereocenters. The zero-order valence-corrected chi connectivity index (χ0v) is 11.0. The normalized spacial score (nSPS) is 11.1. The number of benzene rings is 1. The fourth-order valence-electron chi connectivity index (χ4n) is 1.53. The summed E-state index contributed by atoms with van der Waals surface area (Å²) in [6.07, 6.45) is -3.31. The van der Waals surface area contributed by atoms with E-state index < -0.39 is 24.5 Å². The number of alkyl halides is 3. The van der Waals surface area contributed by atoms with Gasteiger partial charge in [0.05, 0.1) is 11.9 Å². The molecule has 0 aliphatic heterocycles. The van der Waals surface area contributed by atoms with Gasteiger partial charge in [-0.1, -0.05) is 6.07 Å². The Bertz CT molecular complexity index is 657. The smallest absolute Gasteiger partial charge is 0.422 e. The topological polar surface area (TPSA) is 51.2 Å². The Morgan fingerprint density at radius 3 is 2.59 bits per heavy atom. The predicted molar refractivity (Wildman–Crippen MR) is 70.1 cm³/mol. The Hall–Kier alpha value is -2.64. The second kappa shape index (κ2) is 6.42. The van der Waals surface area contributed by atoms with Crippen molar-refractivity contribution in [3.63, 3.8) is 0 Å². The first kappa shape index (κ1) is 15.7. The number of pyridine rings is 1. The molecule has 0 saturated heterocycles. The van der Waals surface area contributed by atoms with Gasteiger partial charge in [0.25, 0.3) is 5.91 Å². The molecule has 0 radical (unpaired) electrons. The maximum atomic E-state index is 13.0. The van der Waals surface area contributed by atoms with Gasteiger partial charge in [-0.25, -0.2) is 9.37 Å². The Morgan fingerprint density at radius 2 is 2.00 bits per heavy atom. The lowest BCUT2D eigenvalue weighted by atomic mass is 10.2. The van der Waals surface area contributed by atoms with Crippen LogP contribution in [0.3, 0.4) is 0 Å². The Morgan fingerprint density at radius 1 is 1.23 bits per heavy atom. The summed E-state index contributed by atoms with van der Waals surface area (Å²) in [7, 11) is 0. The van der Waals surface area contributed by atoms with Crippen LogP contribution in [0.1, 0.15) is 10.4 Å². The molecule has 2 rings (SSSR count). The Labute approximate surface area is 122 Å². The molecule has 2 aromatic rings. The van der Waals surface area contributed by atoms with Gasteiger partial charge in [-0.15, -0.1) is 0 Å². The number of carbonyl (C=O) groups is 1. The predicted octanol–water partition coefficient (Wildman–Crippen LogP) is 3.41. The minimum atomic E-state index is -4.45. The van der Waals surface area contributed by atoms with Crippen LogP contribution in [-0.4, -0.2) is 23.7 Å². The number of hydrogen-bond acceptors (Lipinski definition) is 3. The van der Waals surface area contributed by atoms with Gasteiger partial charge in [0, 0.05) is 11.6 Å². The van der Waals surface area contributed by atoms with Crippen molar-refractivity contribution in [3.05, 3.63) is 54.0 Å². The summed E-state index contributed by atoms with van der Waals surface area (Å²) in [5.74, 6) is -1.34. The molecule has 1 heterocycles. The average Bonchev–Trinajstić information content (AvgIpc) is 2.46. The number of hydrogen-bond donors (Lipinski definition) is 1. The molecule has 0 bridgehead atoms. The highest BCUT2D eigenvalue weighted by atomic mass is 19.4. The molecule has 1 aromatic heterocycles. The summed E-state index contributed by atoms with van der Waals surface area (Å²) in [4.78, 5) is 15.5. The monoisotopic (exact) mass is 314 g/mol. The number of nitrogens with one attached hydrogen (secondary N) is 1. The molecule has 8 heteroatoms. The third kappa shape index (κ3) is 4.72. The molecular formula is C14H10F4N2O2. The zero-order valence-electron chi connectivity index (χ0n) is 11.0. The first-order valence-corrected chi connectivity index (χ1v) is 6.06. The van der Waals surface area contributed by atoms with Crippen molar-refractivity contribution in [2.24, 2.45) is 0 Å². The van der Waals surface area contributed by atoms with Crippen molar-refractivity contribution < 1.29 is 27.1 Å². The molecule has 1 aromatic carbocycles. The third-order valence-corrected chi connectivity index (χ3v) is 2.46. The van der Waals surface area contributed by atoms with Crippen LogP contribution in [0.25, 0.3) is 0 Å². The second-order valence-corrected chi connectivity index (χ2v) is 4.25. The highest BCUT2D eigenvalue weighted by molar-refractivity contribution is 6.04. The maximum absolute atomic E-state index is 13.0. The average molecular weight is 314 g/mol. The molecular weight excluding hydrogens is 304 g/mol. The lowest BCUT2D eigenvalue weighted by Crippen LogP contribution is -2.19. The molecule has 0 unspecified atom stereocenters. The van der Waals surface area contributed by atoms with E-state index in [-0.39, 0.29) is 17.1 Å². The quantitative estimate of drug-likeness (QED) is 0.880. The molecule has 116 valence electrons. The van der Waals surface area contributed by atoms with Crippen LogP contribution >= 0.6 is 0 Å². The molecule has 0 aliphatic rings. The van der Waals surface area contributed by atoms with Crippen molar-refractivity contribution in [1.29, 1.82) is 0 Å². The van der Waals surface area contributed by atoms with Gasteiger partial charge in [-0.2, -0.15) is 13.2 Å². The third-order valence-electron chi connectivity index (χ3n) is 2.46. The van der Waals surface area contributed by atoms with E-state index in [1.807, 2.05) is 0 Å². The Balaban J connectivity index is 1.98. The molecule has 1 amide bonds. The summed E-state index contributed by atoms with van der Waals surface area (Å²) >= 11 is 0. The van der Waals surface area contributed by atoms with Gasteiger partial charge in [-0.3, -0.25) is 4.79 Å². The fourth-order valence-corrected chi connectivity index (χ4v) is 1.53. The number of amides is 1. The summed E-state index contributed by atoms with van der Waals surface area (Å²) < 4.78 is 53.3. The van der Waals surface area contributed by atoms with E-state index in [4.69, 9.17) is 0 Å². The summed E-state index contributed by atoms with van der Waals surface area (Å²) in [6, 6.07) is 7.58. The number of anilines is 1. The minimum absolute atomic E-state index is 0.109. The molecule has 4 nitrogen and oxygen atoms in total. The summed E-state index contributed by atoms with van der Waals surface area (Å²) in [5, 5.41) is 2.44. The van der Waals surface area contributed by atoms with E-state index in [2.05, 4.69) is 15.0 Å². The summed E-state index contributed by atoms with van der Waals surface area (Å²) in [5.41, 5.74) is 0.353. The van der Waals surface area contributed by atoms with Gasteiger partial charge in [0.1, 0.15) is 5.82 Å². The van der Waals surface area contributed by atoms with Crippen molar-refractivity contribution in [2.45, 2.75) is 6.18 Å². The van der Waals surface area contributed by atoms with Crippen LogP contribution in [0.4, 0.5) is 23.2 Å². The van der Waals surface area contributed by atoms with E-state index in [0.717, 1.165) is 12.3 Å². The highest BCUT2D eigenvalue weighted by Gasteiger charge is 2.28. The molecule has 0 fully saturated rings. The minimum Gasteiger partial charge on any atom is -0.468 e. The van der Waals surface area contributed by atoms with E-state index >= 15 is 0 Å². The standard InChI is InChI=1S/C14H10F4N2O2/c15-10-3-1-2-9(6-10)13(21)20-11-4-5-12(19-7-11)22-8-14(16,17)18/h1-7H,8H2,(H,20,21). The second-order valence-electron chi connectivity index (χ2n) is 4.25. The lowest BCUT2D eigenvalue weighted by Gasteiger charge is -2.09. The van der Waals surface area contributed by atoms with Gasteiger partial charge < -0.3 is 10.1 Å². The lowest BCUT2D eigenvalue weighted by molar-refractivity contribution is -0.154. The van der Waals surface area contributed by atoms with Crippen LogP contribution in [-0.2, 0) is 0 Å². The molecule has 22 heavy (non-hydrogen) atoms. The number of carbonyl (C=O) groups excluding carboxylic acids is 1. The van der Waals surface area contributed by atoms with Crippen molar-refractivity contribution in [3.8, 4) is 5.88 Å². The van der Waals surface area contributed by atoms with Crippen LogP contribution in [0.2, 0.25) is 0 Å². The van der Waals surface area contributed by atoms with E-state index in [0.29, 0.717) is 0 Å². The molecule has 0 spiro atoms. The number of rotatable bonds is 4. The van der Waals surface area contributed by atoms with Gasteiger partial charge in [0.15, 0.2) is 6.61 Å². The molecule has 0 aliphatic carbocycles. The van der Waals surface area contributed by atoms with Crippen LogP contribution in [0, 0.1) is 5.82 Å². The maximum Gasteiger partial charge on any atom is 0.422 e. The first-order chi connectivity index (χ1) is 10.3. The molecule has 1 N–H and O–H groups in total. The van der Waals surface area contributed by atoms with Crippen molar-refractivity contribution in [2.75, 3.05) is 11.9 Å². The van der Waals surface area contributed by atoms with Crippen molar-refractivity contribution in [1.82, 2.24) is 4.98 Å². The van der Waals surface area contributed by atoms with E-state index in [1.165, 1.54) is 30.3 Å². The number of ether oxygens (including phenoxy) is 1. The van der Waals surface area contributed by atoms with Gasteiger partial charge >= 0.3 is 6.18 Å². The SMILES string of the molecule is O=C(Nc1ccc(OCC(F)(F)F)nc1)c1cccc(F)c1. The Kier molecular flexibility index (Phi) is 4.59. The van der Waals surface area contributed by atoms with E-state index in [1.54, 1.807) is 0 Å². The highest BCUT2D eigenvalue weighted by Crippen LogP contribution is 2.18. The van der Waals surface area contributed by atoms with Gasteiger partial charge in [0.2, 0.25) is 5.88 Å². The number of aromatic nitrogens is 1. The van der Waals surface area contributed by atoms with Crippen molar-refractivity contribution >= 4 is 11.6 Å². The number of nitrogens with zero attached hydrogens (tertiary/aromatic N) is 1. The number of halogens is 4. The fraction of sp³-hybridized carbons (Fsp3) is 0.143. The zero-order chi connectivity index (χ0) is 16.2. The van der Waals surface area contributed by atoms with Crippen LogP contribution in [0.15, 0.2) is 42.6 Å².